The highest BCUT2D eigenvalue weighted by atomic mass is 35.5. The van der Waals surface area contributed by atoms with Crippen LogP contribution in [-0.2, 0) is 4.74 Å². The molecule has 0 saturated heterocycles. The van der Waals surface area contributed by atoms with E-state index in [-0.39, 0.29) is 5.97 Å². The molecule has 0 saturated carbocycles. The van der Waals surface area contributed by atoms with Crippen molar-refractivity contribution >= 4 is 17.6 Å². The molecule has 0 amide bonds. The zero-order valence-electron chi connectivity index (χ0n) is 13.1. The standard InChI is InChI=1S/C17H26ClNO2/c1-3-5-11-19(12-6-4-2)13-14-21-17(20)15-7-9-16(18)10-8-15/h7-10H,3-6,11-14H2,1-2H3. The van der Waals surface area contributed by atoms with Crippen molar-refractivity contribution < 1.29 is 9.53 Å². The Morgan fingerprint density at radius 2 is 1.62 bits per heavy atom. The molecule has 1 aromatic rings. The second kappa shape index (κ2) is 10.6. The summed E-state index contributed by atoms with van der Waals surface area (Å²) in [6.07, 6.45) is 4.75. The fraction of sp³-hybridized carbons (Fsp3) is 0.588. The molecular weight excluding hydrogens is 286 g/mol. The van der Waals surface area contributed by atoms with Gasteiger partial charge in [-0.15, -0.1) is 0 Å². The molecule has 0 bridgehead atoms. The van der Waals surface area contributed by atoms with Crippen molar-refractivity contribution in [3.8, 4) is 0 Å². The molecule has 1 rings (SSSR count). The summed E-state index contributed by atoms with van der Waals surface area (Å²) < 4.78 is 5.33. The fourth-order valence-corrected chi connectivity index (χ4v) is 2.16. The molecule has 0 spiro atoms. The number of hydrogen-bond acceptors (Lipinski definition) is 3. The monoisotopic (exact) mass is 311 g/mol. The first-order valence-electron chi connectivity index (χ1n) is 7.82. The van der Waals surface area contributed by atoms with E-state index in [1.54, 1.807) is 24.3 Å². The average Bonchev–Trinajstić information content (AvgIpc) is 2.50. The van der Waals surface area contributed by atoms with Crippen LogP contribution in [0.4, 0.5) is 0 Å². The van der Waals surface area contributed by atoms with Crippen molar-refractivity contribution in [2.45, 2.75) is 39.5 Å². The number of hydrogen-bond donors (Lipinski definition) is 0. The van der Waals surface area contributed by atoms with E-state index in [2.05, 4.69) is 18.7 Å². The Morgan fingerprint density at radius 3 is 2.14 bits per heavy atom. The van der Waals surface area contributed by atoms with Gasteiger partial charge in [-0.3, -0.25) is 4.90 Å². The van der Waals surface area contributed by atoms with Gasteiger partial charge in [0.05, 0.1) is 5.56 Å². The minimum Gasteiger partial charge on any atom is -0.461 e. The van der Waals surface area contributed by atoms with E-state index in [0.29, 0.717) is 17.2 Å². The number of esters is 1. The molecular formula is C17H26ClNO2. The van der Waals surface area contributed by atoms with Gasteiger partial charge in [0.15, 0.2) is 0 Å². The number of carbonyl (C=O) groups excluding carboxylic acids is 1. The van der Waals surface area contributed by atoms with Gasteiger partial charge >= 0.3 is 5.97 Å². The van der Waals surface area contributed by atoms with E-state index in [1.807, 2.05) is 0 Å². The van der Waals surface area contributed by atoms with Crippen molar-refractivity contribution in [1.82, 2.24) is 4.90 Å². The predicted molar refractivity (Wildman–Crippen MR) is 88.0 cm³/mol. The van der Waals surface area contributed by atoms with Gasteiger partial charge in [-0.25, -0.2) is 4.79 Å². The van der Waals surface area contributed by atoms with Gasteiger partial charge in [0.25, 0.3) is 0 Å². The summed E-state index contributed by atoms with van der Waals surface area (Å²) in [5, 5.41) is 0.622. The SMILES string of the molecule is CCCCN(CCCC)CCOC(=O)c1ccc(Cl)cc1. The predicted octanol–water partition coefficient (Wildman–Crippen LogP) is 4.40. The number of rotatable bonds is 10. The van der Waals surface area contributed by atoms with Crippen molar-refractivity contribution in [3.63, 3.8) is 0 Å². The Kier molecular flexibility index (Phi) is 9.11. The van der Waals surface area contributed by atoms with Gasteiger partial charge in [-0.1, -0.05) is 38.3 Å². The van der Waals surface area contributed by atoms with Gasteiger partial charge in [-0.05, 0) is 50.2 Å². The lowest BCUT2D eigenvalue weighted by atomic mass is 10.2. The second-order valence-electron chi connectivity index (χ2n) is 5.19. The third kappa shape index (κ3) is 7.49. The molecule has 21 heavy (non-hydrogen) atoms. The number of ether oxygens (including phenoxy) is 1. The number of nitrogens with zero attached hydrogens (tertiary/aromatic N) is 1. The molecule has 0 fully saturated rings. The van der Waals surface area contributed by atoms with Crippen molar-refractivity contribution in [3.05, 3.63) is 34.9 Å². The smallest absolute Gasteiger partial charge is 0.338 e. The average molecular weight is 312 g/mol. The molecule has 0 aliphatic heterocycles. The molecule has 0 radical (unpaired) electrons. The maximum Gasteiger partial charge on any atom is 0.338 e. The highest BCUT2D eigenvalue weighted by molar-refractivity contribution is 6.30. The lowest BCUT2D eigenvalue weighted by molar-refractivity contribution is 0.0460. The van der Waals surface area contributed by atoms with E-state index >= 15 is 0 Å². The molecule has 0 unspecified atom stereocenters. The molecule has 0 aliphatic carbocycles. The normalized spacial score (nSPS) is 10.9. The minimum absolute atomic E-state index is 0.280. The number of halogens is 1. The Morgan fingerprint density at radius 1 is 1.05 bits per heavy atom. The van der Waals surface area contributed by atoms with Gasteiger partial charge < -0.3 is 4.74 Å². The van der Waals surface area contributed by atoms with Crippen LogP contribution < -0.4 is 0 Å². The Hall–Kier alpha value is -1.06. The minimum atomic E-state index is -0.280. The van der Waals surface area contributed by atoms with Crippen LogP contribution >= 0.6 is 11.6 Å². The fourth-order valence-electron chi connectivity index (χ4n) is 2.04. The molecule has 4 heteroatoms. The van der Waals surface area contributed by atoms with Crippen LogP contribution in [0.15, 0.2) is 24.3 Å². The molecule has 3 nitrogen and oxygen atoms in total. The molecule has 0 N–H and O–H groups in total. The third-order valence-electron chi connectivity index (χ3n) is 3.38. The third-order valence-corrected chi connectivity index (χ3v) is 3.63. The highest BCUT2D eigenvalue weighted by Gasteiger charge is 2.09. The van der Waals surface area contributed by atoms with Crippen LogP contribution in [-0.4, -0.2) is 37.1 Å². The summed E-state index contributed by atoms with van der Waals surface area (Å²) in [6.45, 7) is 7.79. The number of unbranched alkanes of at least 4 members (excludes halogenated alkanes) is 2. The quantitative estimate of drug-likeness (QED) is 0.600. The van der Waals surface area contributed by atoms with Crippen LogP contribution in [0.3, 0.4) is 0 Å². The summed E-state index contributed by atoms with van der Waals surface area (Å²) >= 11 is 5.80. The molecule has 0 aromatic heterocycles. The van der Waals surface area contributed by atoms with Gasteiger partial charge in [-0.2, -0.15) is 0 Å². The maximum absolute atomic E-state index is 11.9. The summed E-state index contributed by atoms with van der Waals surface area (Å²) in [4.78, 5) is 14.3. The van der Waals surface area contributed by atoms with E-state index in [1.165, 1.54) is 25.7 Å². The topological polar surface area (TPSA) is 29.5 Å². The van der Waals surface area contributed by atoms with Crippen molar-refractivity contribution in [2.24, 2.45) is 0 Å². The lowest BCUT2D eigenvalue weighted by Crippen LogP contribution is -2.30. The van der Waals surface area contributed by atoms with Gasteiger partial charge in [0.1, 0.15) is 6.61 Å². The Labute approximate surface area is 133 Å². The maximum atomic E-state index is 11.9. The zero-order chi connectivity index (χ0) is 15.5. The molecule has 0 atom stereocenters. The van der Waals surface area contributed by atoms with Crippen LogP contribution in [0.2, 0.25) is 5.02 Å². The van der Waals surface area contributed by atoms with Crippen LogP contribution in [0, 0.1) is 0 Å². The van der Waals surface area contributed by atoms with Crippen LogP contribution in [0.25, 0.3) is 0 Å². The first-order valence-corrected chi connectivity index (χ1v) is 8.20. The van der Waals surface area contributed by atoms with E-state index in [0.717, 1.165) is 19.6 Å². The summed E-state index contributed by atoms with van der Waals surface area (Å²) in [6, 6.07) is 6.78. The van der Waals surface area contributed by atoms with Crippen molar-refractivity contribution in [2.75, 3.05) is 26.2 Å². The number of benzene rings is 1. The van der Waals surface area contributed by atoms with Gasteiger partial charge in [0, 0.05) is 11.6 Å². The summed E-state index contributed by atoms with van der Waals surface area (Å²) in [5.41, 5.74) is 0.549. The Balaban J connectivity index is 2.34. The summed E-state index contributed by atoms with van der Waals surface area (Å²) in [7, 11) is 0. The largest absolute Gasteiger partial charge is 0.461 e. The lowest BCUT2D eigenvalue weighted by Gasteiger charge is -2.21. The van der Waals surface area contributed by atoms with Crippen LogP contribution in [0.1, 0.15) is 49.9 Å². The molecule has 0 aliphatic rings. The number of carbonyl (C=O) groups is 1. The zero-order valence-corrected chi connectivity index (χ0v) is 13.9. The molecule has 118 valence electrons. The second-order valence-corrected chi connectivity index (χ2v) is 5.63. The van der Waals surface area contributed by atoms with Crippen LogP contribution in [0.5, 0.6) is 0 Å². The first-order chi connectivity index (χ1) is 10.2. The first kappa shape index (κ1) is 18.0. The van der Waals surface area contributed by atoms with Crippen molar-refractivity contribution in [1.29, 1.82) is 0 Å². The van der Waals surface area contributed by atoms with Gasteiger partial charge in [0.2, 0.25) is 0 Å². The Bertz CT molecular complexity index is 398. The summed E-state index contributed by atoms with van der Waals surface area (Å²) in [5.74, 6) is -0.280. The van der Waals surface area contributed by atoms with E-state index < -0.39 is 0 Å². The van der Waals surface area contributed by atoms with E-state index in [4.69, 9.17) is 16.3 Å². The van der Waals surface area contributed by atoms with E-state index in [9.17, 15) is 4.79 Å². The highest BCUT2D eigenvalue weighted by Crippen LogP contribution is 2.10. The molecule has 1 aromatic carbocycles. The molecule has 0 heterocycles.